The normalized spacial score (nSPS) is 27.4. The van der Waals surface area contributed by atoms with Gasteiger partial charge in [0.1, 0.15) is 5.75 Å². The summed E-state index contributed by atoms with van der Waals surface area (Å²) in [5, 5.41) is 8.83. The fourth-order valence-electron chi connectivity index (χ4n) is 6.98. The molecule has 1 saturated carbocycles. The zero-order chi connectivity index (χ0) is 24.8. The molecule has 3 aliphatic rings. The van der Waals surface area contributed by atoms with E-state index in [0.717, 1.165) is 49.0 Å². The van der Waals surface area contributed by atoms with Gasteiger partial charge in [0.25, 0.3) is 0 Å². The molecule has 0 amide bonds. The Labute approximate surface area is 207 Å². The van der Waals surface area contributed by atoms with Crippen LogP contribution in [0.5, 0.6) is 5.75 Å². The molecular weight excluding hydrogens is 462 g/mol. The summed E-state index contributed by atoms with van der Waals surface area (Å²) >= 11 is 0. The van der Waals surface area contributed by atoms with Crippen LogP contribution in [0.2, 0.25) is 0 Å². The third-order valence-corrected chi connectivity index (χ3v) is 10.5. The second-order valence-electron chi connectivity index (χ2n) is 10.5. The van der Waals surface area contributed by atoms with Gasteiger partial charge >= 0.3 is 5.97 Å². The predicted molar refractivity (Wildman–Crippen MR) is 134 cm³/mol. The number of ether oxygens (including phenoxy) is 1. The van der Waals surface area contributed by atoms with Gasteiger partial charge in [0.15, 0.2) is 9.84 Å². The molecule has 35 heavy (non-hydrogen) atoms. The Morgan fingerprint density at radius 2 is 2.06 bits per heavy atom. The van der Waals surface area contributed by atoms with Crippen LogP contribution in [0, 0.1) is 17.3 Å². The van der Waals surface area contributed by atoms with E-state index in [9.17, 15) is 13.2 Å². The molecule has 0 bridgehead atoms. The first-order valence-corrected chi connectivity index (χ1v) is 14.2. The van der Waals surface area contributed by atoms with Gasteiger partial charge in [0.05, 0.1) is 24.0 Å². The molecule has 0 unspecified atom stereocenters. The first kappa shape index (κ1) is 24.0. The lowest BCUT2D eigenvalue weighted by molar-refractivity contribution is -0.137. The van der Waals surface area contributed by atoms with Crippen molar-refractivity contribution in [1.29, 1.82) is 0 Å². The SMILES string of the molecule is COc1cncc(C2=CC[C@H]3[C@@H]4CCc5cc(S(=O)(=O)CCCC(=O)O)ccc5[C@H]4CC[C@]23C)c1. The second kappa shape index (κ2) is 9.08. The lowest BCUT2D eigenvalue weighted by atomic mass is 9.54. The largest absolute Gasteiger partial charge is 0.495 e. The molecular formula is C28H33NO5S. The molecule has 1 heterocycles. The molecule has 7 heteroatoms. The Morgan fingerprint density at radius 3 is 2.83 bits per heavy atom. The number of pyridine rings is 1. The fourth-order valence-corrected chi connectivity index (χ4v) is 8.33. The van der Waals surface area contributed by atoms with Crippen LogP contribution in [-0.2, 0) is 21.1 Å². The van der Waals surface area contributed by atoms with Gasteiger partial charge in [0.2, 0.25) is 0 Å². The number of hydrogen-bond acceptors (Lipinski definition) is 5. The van der Waals surface area contributed by atoms with Crippen LogP contribution < -0.4 is 4.74 Å². The molecule has 4 atom stereocenters. The summed E-state index contributed by atoms with van der Waals surface area (Å²) in [6.07, 6.45) is 11.3. The number of aliphatic carboxylic acids is 1. The molecule has 3 aliphatic carbocycles. The van der Waals surface area contributed by atoms with Crippen molar-refractivity contribution in [1.82, 2.24) is 4.98 Å². The zero-order valence-electron chi connectivity index (χ0n) is 20.4. The number of carboxylic acid groups (broad SMARTS) is 1. The van der Waals surface area contributed by atoms with Gasteiger partial charge in [-0.1, -0.05) is 19.1 Å². The minimum Gasteiger partial charge on any atom is -0.495 e. The lowest BCUT2D eigenvalue weighted by Gasteiger charge is -2.50. The number of rotatable bonds is 7. The van der Waals surface area contributed by atoms with Crippen LogP contribution in [0.25, 0.3) is 5.57 Å². The van der Waals surface area contributed by atoms with Crippen molar-refractivity contribution in [3.63, 3.8) is 0 Å². The minimum atomic E-state index is -3.47. The molecule has 186 valence electrons. The standard InChI is InChI=1S/C28H33NO5S/c1-28-12-11-23-22-8-6-21(35(32,33)13-3-4-27(30)31)15-18(22)5-7-24(23)26(28)10-9-25(28)19-14-20(34-2)17-29-16-19/h6,8-9,14-17,23-24,26H,3-5,7,10-13H2,1-2H3,(H,30,31)/t23-,24-,26+,28-/m1/s1. The first-order valence-electron chi connectivity index (χ1n) is 12.5. The van der Waals surface area contributed by atoms with E-state index in [1.54, 1.807) is 19.4 Å². The molecule has 0 spiro atoms. The molecule has 2 aromatic rings. The van der Waals surface area contributed by atoms with Crippen molar-refractivity contribution in [2.75, 3.05) is 12.9 Å². The van der Waals surface area contributed by atoms with E-state index in [2.05, 4.69) is 24.1 Å². The van der Waals surface area contributed by atoms with E-state index >= 15 is 0 Å². The smallest absolute Gasteiger partial charge is 0.303 e. The number of fused-ring (bicyclic) bond motifs is 5. The quantitative estimate of drug-likeness (QED) is 0.562. The summed E-state index contributed by atoms with van der Waals surface area (Å²) in [7, 11) is -1.80. The maximum Gasteiger partial charge on any atom is 0.303 e. The highest BCUT2D eigenvalue weighted by Crippen LogP contribution is 2.63. The van der Waals surface area contributed by atoms with Gasteiger partial charge in [-0.05, 0) is 102 Å². The maximum atomic E-state index is 12.8. The van der Waals surface area contributed by atoms with Crippen molar-refractivity contribution < 1.29 is 23.1 Å². The zero-order valence-corrected chi connectivity index (χ0v) is 21.2. The highest BCUT2D eigenvalue weighted by Gasteiger charge is 2.52. The second-order valence-corrected chi connectivity index (χ2v) is 12.6. The van der Waals surface area contributed by atoms with Gasteiger partial charge < -0.3 is 9.84 Å². The van der Waals surface area contributed by atoms with Gasteiger partial charge in [0, 0.05) is 12.6 Å². The average Bonchev–Trinajstić information content (AvgIpc) is 3.20. The molecule has 1 aromatic heterocycles. The van der Waals surface area contributed by atoms with Crippen LogP contribution in [0.3, 0.4) is 0 Å². The predicted octanol–water partition coefficient (Wildman–Crippen LogP) is 5.28. The number of carboxylic acids is 1. The third kappa shape index (κ3) is 4.28. The van der Waals surface area contributed by atoms with E-state index in [4.69, 9.17) is 9.84 Å². The van der Waals surface area contributed by atoms with Gasteiger partial charge in [-0.3, -0.25) is 9.78 Å². The van der Waals surface area contributed by atoms with E-state index in [1.165, 1.54) is 11.1 Å². The summed E-state index contributed by atoms with van der Waals surface area (Å²) in [5.74, 6) is 1.29. The average molecular weight is 496 g/mol. The van der Waals surface area contributed by atoms with E-state index in [-0.39, 0.29) is 24.0 Å². The fraction of sp³-hybridized carbons (Fsp3) is 0.500. The van der Waals surface area contributed by atoms with E-state index in [0.29, 0.717) is 22.6 Å². The Kier molecular flexibility index (Phi) is 6.24. The maximum absolute atomic E-state index is 12.8. The molecule has 1 N–H and O–H groups in total. The summed E-state index contributed by atoms with van der Waals surface area (Å²) in [4.78, 5) is 15.5. The van der Waals surface area contributed by atoms with Crippen molar-refractivity contribution in [3.8, 4) is 5.75 Å². The lowest BCUT2D eigenvalue weighted by Crippen LogP contribution is -2.41. The van der Waals surface area contributed by atoms with Crippen molar-refractivity contribution in [3.05, 3.63) is 59.4 Å². The van der Waals surface area contributed by atoms with Gasteiger partial charge in [-0.15, -0.1) is 0 Å². The number of benzene rings is 1. The minimum absolute atomic E-state index is 0.111. The number of nitrogens with zero attached hydrogens (tertiary/aromatic N) is 1. The summed E-state index contributed by atoms with van der Waals surface area (Å²) < 4.78 is 31.0. The number of sulfone groups is 1. The van der Waals surface area contributed by atoms with Crippen LogP contribution in [0.1, 0.15) is 68.1 Å². The third-order valence-electron chi connectivity index (χ3n) is 8.70. The Bertz CT molecular complexity index is 1280. The van der Waals surface area contributed by atoms with Crippen LogP contribution in [0.15, 0.2) is 47.6 Å². The number of allylic oxidation sites excluding steroid dienone is 2. The van der Waals surface area contributed by atoms with Gasteiger partial charge in [-0.2, -0.15) is 0 Å². The monoisotopic (exact) mass is 495 g/mol. The van der Waals surface area contributed by atoms with Crippen LogP contribution in [0.4, 0.5) is 0 Å². The molecule has 0 radical (unpaired) electrons. The summed E-state index contributed by atoms with van der Waals surface area (Å²) in [6.45, 7) is 2.41. The molecule has 1 fully saturated rings. The first-order chi connectivity index (χ1) is 16.7. The molecule has 6 nitrogen and oxygen atoms in total. The highest BCUT2D eigenvalue weighted by atomic mass is 32.2. The van der Waals surface area contributed by atoms with Gasteiger partial charge in [-0.25, -0.2) is 8.42 Å². The Balaban J connectivity index is 1.37. The Hall–Kier alpha value is -2.67. The number of hydrogen-bond donors (Lipinski definition) is 1. The van der Waals surface area contributed by atoms with E-state index < -0.39 is 15.8 Å². The highest BCUT2D eigenvalue weighted by molar-refractivity contribution is 7.91. The number of aryl methyl sites for hydroxylation is 1. The van der Waals surface area contributed by atoms with Crippen molar-refractivity contribution >= 4 is 21.4 Å². The summed E-state index contributed by atoms with van der Waals surface area (Å²) in [6, 6.07) is 7.72. The Morgan fingerprint density at radius 1 is 1.23 bits per heavy atom. The number of methoxy groups -OCH3 is 1. The van der Waals surface area contributed by atoms with E-state index in [1.807, 2.05) is 18.3 Å². The topological polar surface area (TPSA) is 93.6 Å². The molecule has 1 aromatic carbocycles. The molecule has 5 rings (SSSR count). The van der Waals surface area contributed by atoms with Crippen LogP contribution >= 0.6 is 0 Å². The number of aromatic nitrogens is 1. The van der Waals surface area contributed by atoms with Crippen LogP contribution in [-0.4, -0.2) is 37.3 Å². The molecule has 0 aliphatic heterocycles. The van der Waals surface area contributed by atoms with Crippen molar-refractivity contribution in [2.45, 2.75) is 62.7 Å². The number of carbonyl (C=O) groups is 1. The van der Waals surface area contributed by atoms with Crippen molar-refractivity contribution in [2.24, 2.45) is 17.3 Å². The summed E-state index contributed by atoms with van der Waals surface area (Å²) in [5.41, 5.74) is 5.12. The molecule has 0 saturated heterocycles.